The number of hydrogen-bond donors (Lipinski definition) is 2. The third kappa shape index (κ3) is 52.8. The Morgan fingerprint density at radius 2 is 0.791 bits per heavy atom. The number of carbonyl (C=O) groups is 3. The predicted molar refractivity (Wildman–Crippen MR) is 272 cm³/mol. The summed E-state index contributed by atoms with van der Waals surface area (Å²) in [6.07, 6.45) is 43.8. The number of esters is 3. The first-order valence-electron chi connectivity index (χ1n) is 27.1. The van der Waals surface area contributed by atoms with Gasteiger partial charge in [0, 0.05) is 33.4 Å². The minimum Gasteiger partial charge on any atom is -0.463 e. The zero-order chi connectivity index (χ0) is 48.6. The first-order chi connectivity index (χ1) is 33.0. The Kier molecular flexibility index (Phi) is 54.2. The van der Waals surface area contributed by atoms with Gasteiger partial charge < -0.3 is 48.5 Å². The molecule has 0 aliphatic heterocycles. The van der Waals surface area contributed by atoms with Gasteiger partial charge in [-0.2, -0.15) is 0 Å². The van der Waals surface area contributed by atoms with Gasteiger partial charge in [-0.25, -0.2) is 4.79 Å². The van der Waals surface area contributed by atoms with Crippen LogP contribution in [0.1, 0.15) is 194 Å². The van der Waals surface area contributed by atoms with Crippen LogP contribution in [0.25, 0.3) is 0 Å². The van der Waals surface area contributed by atoms with Crippen LogP contribution in [0.5, 0.6) is 0 Å². The molecule has 0 aliphatic carbocycles. The van der Waals surface area contributed by atoms with E-state index in [-0.39, 0.29) is 58.7 Å². The Hall–Kier alpha value is -2.39. The molecule has 0 saturated carbocycles. The Morgan fingerprint density at radius 1 is 0.403 bits per heavy atom. The van der Waals surface area contributed by atoms with Gasteiger partial charge in [0.2, 0.25) is 0 Å². The van der Waals surface area contributed by atoms with Crippen molar-refractivity contribution in [1.82, 2.24) is 10.6 Å². The smallest absolute Gasteiger partial charge is 0.337 e. The van der Waals surface area contributed by atoms with Gasteiger partial charge in [-0.3, -0.25) is 9.59 Å². The summed E-state index contributed by atoms with van der Waals surface area (Å²) in [6.45, 7) is 8.79. The highest BCUT2D eigenvalue weighted by Crippen LogP contribution is 2.13. The Bertz CT molecular complexity index is 1110. The van der Waals surface area contributed by atoms with E-state index in [2.05, 4.69) is 48.8 Å². The zero-order valence-corrected chi connectivity index (χ0v) is 43.3. The summed E-state index contributed by atoms with van der Waals surface area (Å²) in [4.78, 5) is 36.5. The van der Waals surface area contributed by atoms with Crippen LogP contribution >= 0.6 is 0 Å². The van der Waals surface area contributed by atoms with Crippen molar-refractivity contribution >= 4 is 17.9 Å². The second-order valence-corrected chi connectivity index (χ2v) is 17.5. The summed E-state index contributed by atoms with van der Waals surface area (Å²) in [7, 11) is 1.59. The van der Waals surface area contributed by atoms with E-state index in [0.29, 0.717) is 46.1 Å². The lowest BCUT2D eigenvalue weighted by atomic mass is 10.1. The summed E-state index contributed by atoms with van der Waals surface area (Å²) in [5, 5.41) is 5.78. The van der Waals surface area contributed by atoms with Gasteiger partial charge in [0.05, 0.1) is 52.7 Å². The monoisotopic (exact) mass is 955 g/mol. The van der Waals surface area contributed by atoms with Crippen LogP contribution in [0.15, 0.2) is 24.3 Å². The van der Waals surface area contributed by atoms with E-state index >= 15 is 0 Å². The van der Waals surface area contributed by atoms with E-state index in [0.717, 1.165) is 25.7 Å². The second-order valence-electron chi connectivity index (χ2n) is 17.5. The largest absolute Gasteiger partial charge is 0.463 e. The van der Waals surface area contributed by atoms with Crippen molar-refractivity contribution < 1.29 is 52.3 Å². The average Bonchev–Trinajstić information content (AvgIpc) is 3.33. The third-order valence-corrected chi connectivity index (χ3v) is 11.2. The molecule has 0 spiro atoms. The summed E-state index contributed by atoms with van der Waals surface area (Å²) < 4.78 is 43.6. The minimum atomic E-state index is -0.755. The van der Waals surface area contributed by atoms with Crippen molar-refractivity contribution in [2.24, 2.45) is 0 Å². The van der Waals surface area contributed by atoms with Gasteiger partial charge in [-0.1, -0.05) is 154 Å². The molecule has 0 aromatic rings. The molecule has 0 aliphatic rings. The van der Waals surface area contributed by atoms with Crippen LogP contribution in [0.3, 0.4) is 0 Å². The molecule has 1 atom stereocenters. The fourth-order valence-electron chi connectivity index (χ4n) is 7.13. The highest BCUT2D eigenvalue weighted by molar-refractivity contribution is 5.74. The number of carbonyl (C=O) groups excluding carboxylic acids is 3. The molecular formula is C54H102N2O11. The molecule has 1 unspecified atom stereocenters. The quantitative estimate of drug-likeness (QED) is 0.0258. The number of nitrogens with one attached hydrogen (secondary N) is 2. The molecule has 13 heteroatoms. The first kappa shape index (κ1) is 64.6. The summed E-state index contributed by atoms with van der Waals surface area (Å²) in [5.74, 6) is -1.22. The van der Waals surface area contributed by atoms with Gasteiger partial charge in [-0.15, -0.1) is 0 Å². The molecule has 2 N–H and O–H groups in total. The van der Waals surface area contributed by atoms with Crippen LogP contribution in [0.2, 0.25) is 0 Å². The maximum atomic E-state index is 13.0. The number of unbranched alkanes of at least 4 members (excludes halogenated alkanes) is 24. The maximum absolute atomic E-state index is 13.0. The highest BCUT2D eigenvalue weighted by atomic mass is 16.6. The Labute approximate surface area is 409 Å². The molecule has 13 nitrogen and oxygen atoms in total. The van der Waals surface area contributed by atoms with E-state index in [9.17, 15) is 14.4 Å². The number of ether oxygens (including phenoxy) is 8. The van der Waals surface area contributed by atoms with Crippen molar-refractivity contribution in [3.05, 3.63) is 24.3 Å². The van der Waals surface area contributed by atoms with Gasteiger partial charge in [-0.05, 0) is 64.2 Å². The fourth-order valence-corrected chi connectivity index (χ4v) is 7.13. The number of hydrogen-bond acceptors (Lipinski definition) is 13. The molecule has 0 rings (SSSR count). The molecule has 394 valence electrons. The third-order valence-electron chi connectivity index (χ3n) is 11.2. The van der Waals surface area contributed by atoms with Crippen LogP contribution in [0, 0.1) is 0 Å². The van der Waals surface area contributed by atoms with Crippen molar-refractivity contribution in [3.63, 3.8) is 0 Å². The van der Waals surface area contributed by atoms with Crippen LogP contribution in [0.4, 0.5) is 0 Å². The normalized spacial score (nSPS) is 12.1. The van der Waals surface area contributed by atoms with Gasteiger partial charge in [0.15, 0.2) is 6.10 Å². The van der Waals surface area contributed by atoms with E-state index in [1.54, 1.807) is 7.11 Å². The van der Waals surface area contributed by atoms with Crippen LogP contribution in [-0.4, -0.2) is 130 Å². The predicted octanol–water partition coefficient (Wildman–Crippen LogP) is 11.0. The second kappa shape index (κ2) is 56.2. The lowest BCUT2D eigenvalue weighted by molar-refractivity contribution is -0.163. The highest BCUT2D eigenvalue weighted by Gasteiger charge is 2.21. The van der Waals surface area contributed by atoms with E-state index < -0.39 is 18.0 Å². The van der Waals surface area contributed by atoms with Crippen molar-refractivity contribution in [2.75, 3.05) is 106 Å². The van der Waals surface area contributed by atoms with Crippen molar-refractivity contribution in [3.8, 4) is 0 Å². The molecule has 0 bridgehead atoms. The SMILES string of the molecule is CCCCCCCC/C=C\CCCCCCCCOCC(OCCCCCCCC/C=C\CCCCCCCC)C(=O)OCCOCCOCCOC(=O)CNCCOC(=O)CNCCOC. The first-order valence-corrected chi connectivity index (χ1v) is 27.1. The van der Waals surface area contributed by atoms with Crippen molar-refractivity contribution in [2.45, 2.75) is 200 Å². The van der Waals surface area contributed by atoms with E-state index in [1.165, 1.54) is 154 Å². The molecular weight excluding hydrogens is 853 g/mol. The Morgan fingerprint density at radius 3 is 1.27 bits per heavy atom. The van der Waals surface area contributed by atoms with Crippen molar-refractivity contribution in [1.29, 1.82) is 0 Å². The fraction of sp³-hybridized carbons (Fsp3) is 0.870. The van der Waals surface area contributed by atoms with Crippen LogP contribution < -0.4 is 10.6 Å². The molecule has 0 aromatic heterocycles. The zero-order valence-electron chi connectivity index (χ0n) is 43.3. The lowest BCUT2D eigenvalue weighted by Gasteiger charge is -2.17. The average molecular weight is 955 g/mol. The molecule has 0 amide bonds. The molecule has 0 fully saturated rings. The maximum Gasteiger partial charge on any atom is 0.337 e. The van der Waals surface area contributed by atoms with E-state index in [4.69, 9.17) is 37.9 Å². The molecule has 0 radical (unpaired) electrons. The summed E-state index contributed by atoms with van der Waals surface area (Å²) in [5.41, 5.74) is 0. The van der Waals surface area contributed by atoms with E-state index in [1.807, 2.05) is 0 Å². The molecule has 0 heterocycles. The Balaban J connectivity index is 4.21. The number of rotatable bonds is 55. The standard InChI is InChI=1S/C54H102N2O11/c1-4-6-8-10-12-14-16-18-20-22-24-26-28-30-32-34-38-63-50-51(64-39-35-33-31-29-27-25-23-21-19-17-15-13-11-9-7-5-2)54(59)67-47-45-62-43-42-61-44-46-66-53(58)49-56-37-41-65-52(57)48-55-36-40-60-3/h18-21,51,55-56H,4-17,22-50H2,1-3H3/b20-18-,21-19-. The van der Waals surface area contributed by atoms with Gasteiger partial charge in [0.25, 0.3) is 0 Å². The van der Waals surface area contributed by atoms with Crippen LogP contribution in [-0.2, 0) is 52.3 Å². The molecule has 0 saturated heterocycles. The minimum absolute atomic E-state index is 0.000634. The number of methoxy groups -OCH3 is 1. The molecule has 0 aromatic carbocycles. The van der Waals surface area contributed by atoms with Gasteiger partial charge >= 0.3 is 17.9 Å². The summed E-state index contributed by atoms with van der Waals surface area (Å²) >= 11 is 0. The lowest BCUT2D eigenvalue weighted by Crippen LogP contribution is -2.32. The molecule has 67 heavy (non-hydrogen) atoms. The number of allylic oxidation sites excluding steroid dienone is 4. The summed E-state index contributed by atoms with van der Waals surface area (Å²) in [6, 6.07) is 0. The van der Waals surface area contributed by atoms with Gasteiger partial charge in [0.1, 0.15) is 19.8 Å². The topological polar surface area (TPSA) is 149 Å².